The molecule has 6 heteroatoms. The Labute approximate surface area is 184 Å². The molecule has 0 unspecified atom stereocenters. The van der Waals surface area contributed by atoms with Gasteiger partial charge in [-0.2, -0.15) is 5.26 Å². The van der Waals surface area contributed by atoms with Gasteiger partial charge in [0.05, 0.1) is 5.39 Å². The summed E-state index contributed by atoms with van der Waals surface area (Å²) < 4.78 is 12.3. The fraction of sp³-hybridized carbons (Fsp3) is 0.160. The number of hydrogen-bond acceptors (Lipinski definition) is 5. The molecule has 4 rings (SSSR count). The number of hydrogen-bond donors (Lipinski definition) is 0. The summed E-state index contributed by atoms with van der Waals surface area (Å²) in [6, 6.07) is 18.4. The van der Waals surface area contributed by atoms with E-state index in [4.69, 9.17) is 20.8 Å². The highest BCUT2D eigenvalue weighted by Gasteiger charge is 2.20. The van der Waals surface area contributed by atoms with Gasteiger partial charge in [0, 0.05) is 16.7 Å². The first-order valence-corrected chi connectivity index (χ1v) is 10.1. The lowest BCUT2D eigenvalue weighted by molar-refractivity contribution is 0.225. The van der Waals surface area contributed by atoms with Crippen LogP contribution >= 0.6 is 11.6 Å². The number of aryl methyl sites for hydroxylation is 1. The van der Waals surface area contributed by atoms with E-state index in [1.165, 1.54) is 0 Å². The van der Waals surface area contributed by atoms with E-state index in [-0.39, 0.29) is 16.3 Å². The summed E-state index contributed by atoms with van der Waals surface area (Å²) in [5, 5.41) is 10.1. The van der Waals surface area contributed by atoms with Crippen molar-refractivity contribution >= 4 is 22.6 Å². The maximum Gasteiger partial charge on any atom is 0.196 e. The number of pyridine rings is 1. The molecule has 0 saturated carbocycles. The zero-order valence-corrected chi connectivity index (χ0v) is 18.0. The van der Waals surface area contributed by atoms with Crippen LogP contribution in [0.2, 0.25) is 5.15 Å². The first-order valence-electron chi connectivity index (χ1n) is 9.75. The Balaban J connectivity index is 1.89. The first-order chi connectivity index (χ1) is 14.9. The molecule has 31 heavy (non-hydrogen) atoms. The Bertz CT molecular complexity index is 1390. The third-order valence-electron chi connectivity index (χ3n) is 5.10. The van der Waals surface area contributed by atoms with Crippen molar-refractivity contribution in [3.63, 3.8) is 0 Å². The average molecular weight is 431 g/mol. The van der Waals surface area contributed by atoms with E-state index < -0.39 is 6.10 Å². The van der Waals surface area contributed by atoms with Crippen LogP contribution in [0.1, 0.15) is 35.4 Å². The van der Waals surface area contributed by atoms with Crippen molar-refractivity contribution in [2.24, 2.45) is 0 Å². The lowest BCUT2D eigenvalue weighted by Gasteiger charge is -2.18. The normalized spacial score (nSPS) is 11.8. The lowest BCUT2D eigenvalue weighted by Crippen LogP contribution is -2.11. The van der Waals surface area contributed by atoms with Crippen LogP contribution in [0.4, 0.5) is 0 Å². The highest BCUT2D eigenvalue weighted by atomic mass is 35.5. The molecule has 0 amide bonds. The summed E-state index contributed by atoms with van der Waals surface area (Å²) in [5.74, 6) is 0.841. The molecule has 5 nitrogen and oxygen atoms in total. The number of benzene rings is 2. The molecule has 2 heterocycles. The highest BCUT2D eigenvalue weighted by Crippen LogP contribution is 2.33. The minimum absolute atomic E-state index is 0.0804. The Kier molecular flexibility index (Phi) is 5.50. The molecule has 2 aromatic heterocycles. The summed E-state index contributed by atoms with van der Waals surface area (Å²) in [4.78, 5) is 17.2. The molecule has 154 valence electrons. The zero-order chi connectivity index (χ0) is 22.1. The minimum Gasteiger partial charge on any atom is -0.483 e. The maximum absolute atomic E-state index is 13.2. The third kappa shape index (κ3) is 3.90. The van der Waals surface area contributed by atoms with Crippen LogP contribution in [0.25, 0.3) is 22.3 Å². The Morgan fingerprint density at radius 1 is 1.13 bits per heavy atom. The van der Waals surface area contributed by atoms with Gasteiger partial charge in [-0.1, -0.05) is 41.9 Å². The maximum atomic E-state index is 13.2. The van der Waals surface area contributed by atoms with Gasteiger partial charge in [-0.15, -0.1) is 0 Å². The van der Waals surface area contributed by atoms with Crippen molar-refractivity contribution in [3.05, 3.63) is 92.4 Å². The minimum atomic E-state index is -0.507. The predicted octanol–water partition coefficient (Wildman–Crippen LogP) is 6.14. The lowest BCUT2D eigenvalue weighted by atomic mass is 10.00. The summed E-state index contributed by atoms with van der Waals surface area (Å²) >= 11 is 5.89. The quantitative estimate of drug-likeness (QED) is 0.363. The molecule has 0 N–H and O–H groups in total. The van der Waals surface area contributed by atoms with Crippen molar-refractivity contribution in [3.8, 4) is 23.1 Å². The number of nitriles is 1. The number of aromatic nitrogens is 1. The van der Waals surface area contributed by atoms with E-state index in [9.17, 15) is 10.1 Å². The van der Waals surface area contributed by atoms with Gasteiger partial charge < -0.3 is 9.15 Å². The van der Waals surface area contributed by atoms with Crippen LogP contribution < -0.4 is 10.2 Å². The predicted molar refractivity (Wildman–Crippen MR) is 120 cm³/mol. The molecule has 2 aromatic carbocycles. The summed E-state index contributed by atoms with van der Waals surface area (Å²) in [7, 11) is 0. The number of halogens is 1. The van der Waals surface area contributed by atoms with Crippen LogP contribution in [0, 0.1) is 25.2 Å². The van der Waals surface area contributed by atoms with Gasteiger partial charge in [-0.25, -0.2) is 4.98 Å². The van der Waals surface area contributed by atoms with Crippen molar-refractivity contribution in [2.75, 3.05) is 0 Å². The summed E-state index contributed by atoms with van der Waals surface area (Å²) in [6.45, 7) is 5.53. The van der Waals surface area contributed by atoms with Crippen molar-refractivity contribution in [2.45, 2.75) is 26.9 Å². The van der Waals surface area contributed by atoms with Crippen LogP contribution in [-0.2, 0) is 0 Å². The van der Waals surface area contributed by atoms with Gasteiger partial charge in [-0.3, -0.25) is 4.79 Å². The Hall–Kier alpha value is -3.62. The van der Waals surface area contributed by atoms with Crippen molar-refractivity contribution in [1.29, 1.82) is 5.26 Å². The molecule has 0 aliphatic rings. The van der Waals surface area contributed by atoms with Crippen LogP contribution in [0.15, 0.2) is 63.8 Å². The van der Waals surface area contributed by atoms with Crippen LogP contribution in [0.5, 0.6) is 5.75 Å². The Morgan fingerprint density at radius 2 is 1.87 bits per heavy atom. The number of ether oxygens (including phenoxy) is 1. The molecule has 0 aliphatic heterocycles. The van der Waals surface area contributed by atoms with Gasteiger partial charge >= 0.3 is 0 Å². The zero-order valence-electron chi connectivity index (χ0n) is 17.3. The van der Waals surface area contributed by atoms with Gasteiger partial charge in [0.15, 0.2) is 16.9 Å². The SMILES string of the molecule is Cc1cc([C@@H](C)Oc2ccc(Cl)nc2C#N)c2oc(-c3ccccc3)c(C)c(=O)c2c1. The highest BCUT2D eigenvalue weighted by molar-refractivity contribution is 6.29. The number of rotatable bonds is 4. The Morgan fingerprint density at radius 3 is 2.58 bits per heavy atom. The molecule has 0 bridgehead atoms. The average Bonchev–Trinajstić information content (AvgIpc) is 2.77. The molecular formula is C25H19ClN2O3. The molecule has 0 aliphatic carbocycles. The molecule has 4 aromatic rings. The van der Waals surface area contributed by atoms with Crippen molar-refractivity contribution in [1.82, 2.24) is 4.98 Å². The molecular weight excluding hydrogens is 412 g/mol. The van der Waals surface area contributed by atoms with Gasteiger partial charge in [0.25, 0.3) is 0 Å². The second-order valence-corrected chi connectivity index (χ2v) is 7.72. The van der Waals surface area contributed by atoms with E-state index >= 15 is 0 Å². The number of nitrogens with zero attached hydrogens (tertiary/aromatic N) is 2. The second-order valence-electron chi connectivity index (χ2n) is 7.33. The molecule has 0 spiro atoms. The van der Waals surface area contributed by atoms with E-state index in [0.717, 1.165) is 11.1 Å². The largest absolute Gasteiger partial charge is 0.483 e. The van der Waals surface area contributed by atoms with Gasteiger partial charge in [0.2, 0.25) is 0 Å². The fourth-order valence-electron chi connectivity index (χ4n) is 3.59. The first kappa shape index (κ1) is 20.6. The molecule has 0 saturated heterocycles. The van der Waals surface area contributed by atoms with E-state index in [1.54, 1.807) is 19.1 Å². The van der Waals surface area contributed by atoms with Crippen LogP contribution in [-0.4, -0.2) is 4.98 Å². The van der Waals surface area contributed by atoms with E-state index in [1.807, 2.05) is 62.4 Å². The monoisotopic (exact) mass is 430 g/mol. The molecule has 0 fully saturated rings. The molecule has 0 radical (unpaired) electrons. The summed E-state index contributed by atoms with van der Waals surface area (Å²) in [5.41, 5.74) is 3.48. The van der Waals surface area contributed by atoms with E-state index in [0.29, 0.717) is 33.6 Å². The topological polar surface area (TPSA) is 76.1 Å². The second kappa shape index (κ2) is 8.25. The fourth-order valence-corrected chi connectivity index (χ4v) is 3.73. The van der Waals surface area contributed by atoms with E-state index in [2.05, 4.69) is 4.98 Å². The summed E-state index contributed by atoms with van der Waals surface area (Å²) in [6.07, 6.45) is -0.507. The van der Waals surface area contributed by atoms with Gasteiger partial charge in [0.1, 0.15) is 28.7 Å². The number of fused-ring (bicyclic) bond motifs is 1. The van der Waals surface area contributed by atoms with Crippen LogP contribution in [0.3, 0.4) is 0 Å². The van der Waals surface area contributed by atoms with Crippen molar-refractivity contribution < 1.29 is 9.15 Å². The smallest absolute Gasteiger partial charge is 0.196 e. The molecule has 1 atom stereocenters. The standard InChI is InChI=1S/C25H19ClN2O3/c1-14-11-18(16(3)30-21-9-10-22(26)28-20(21)13-27)25-19(12-14)23(29)15(2)24(31-25)17-7-5-4-6-8-17/h4-12,16H,1-3H3/t16-/m1/s1. The van der Waals surface area contributed by atoms with Gasteiger partial charge in [-0.05, 0) is 50.6 Å². The third-order valence-corrected chi connectivity index (χ3v) is 5.31.